The number of unbranched alkanes of at least 4 members (excludes halogenated alkanes) is 43. The van der Waals surface area contributed by atoms with Crippen LogP contribution in [-0.2, 0) is 65.4 Å². The Morgan fingerprint density at radius 2 is 0.543 bits per heavy atom. The first-order valence-corrected chi connectivity index (χ1v) is 42.0. The molecule has 0 amide bonds. The minimum absolute atomic E-state index is 0.104. The maximum Gasteiger partial charge on any atom is 0.472 e. The molecule has 0 aromatic rings. The third-order valence-electron chi connectivity index (χ3n) is 17.8. The van der Waals surface area contributed by atoms with Gasteiger partial charge in [0.2, 0.25) is 0 Å². The summed E-state index contributed by atoms with van der Waals surface area (Å²) >= 11 is 0. The van der Waals surface area contributed by atoms with Gasteiger partial charge in [0.1, 0.15) is 19.3 Å². The van der Waals surface area contributed by atoms with Gasteiger partial charge in [0.05, 0.1) is 26.4 Å². The minimum atomic E-state index is -4.96. The van der Waals surface area contributed by atoms with Gasteiger partial charge in [-0.1, -0.05) is 337 Å². The lowest BCUT2D eigenvalue weighted by molar-refractivity contribution is -0.161. The Labute approximate surface area is 575 Å². The number of esters is 4. The van der Waals surface area contributed by atoms with Crippen LogP contribution in [-0.4, -0.2) is 96.7 Å². The molecular weight excluding hydrogens is 1230 g/mol. The van der Waals surface area contributed by atoms with Gasteiger partial charge in [-0.05, 0) is 37.5 Å². The second-order valence-corrected chi connectivity index (χ2v) is 30.7. The number of aliphatic hydroxyl groups excluding tert-OH is 1. The summed E-state index contributed by atoms with van der Waals surface area (Å²) in [5.74, 6) is -0.671. The molecule has 17 nitrogen and oxygen atoms in total. The number of hydrogen-bond acceptors (Lipinski definition) is 15. The summed E-state index contributed by atoms with van der Waals surface area (Å²) in [5, 5.41) is 10.6. The van der Waals surface area contributed by atoms with E-state index in [-0.39, 0.29) is 25.7 Å². The Hall–Kier alpha value is -1.94. The summed E-state index contributed by atoms with van der Waals surface area (Å²) in [7, 11) is -9.91. The van der Waals surface area contributed by atoms with Crippen LogP contribution in [0, 0.1) is 11.8 Å². The minimum Gasteiger partial charge on any atom is -0.462 e. The molecule has 3 unspecified atom stereocenters. The molecule has 0 aliphatic carbocycles. The highest BCUT2D eigenvalue weighted by Crippen LogP contribution is 2.45. The molecule has 0 radical (unpaired) electrons. The lowest BCUT2D eigenvalue weighted by atomic mass is 9.99. The first-order chi connectivity index (χ1) is 45.4. The van der Waals surface area contributed by atoms with E-state index in [4.69, 9.17) is 37.0 Å². The van der Waals surface area contributed by atoms with E-state index in [1.165, 1.54) is 199 Å². The van der Waals surface area contributed by atoms with Crippen molar-refractivity contribution in [3.8, 4) is 0 Å². The molecule has 0 aliphatic heterocycles. The van der Waals surface area contributed by atoms with E-state index in [9.17, 15) is 43.2 Å². The van der Waals surface area contributed by atoms with Crippen molar-refractivity contribution in [2.75, 3.05) is 39.6 Å². The smallest absolute Gasteiger partial charge is 0.462 e. The molecule has 0 saturated carbocycles. The number of aliphatic hydroxyl groups is 1. The van der Waals surface area contributed by atoms with E-state index in [1.54, 1.807) is 0 Å². The summed E-state index contributed by atoms with van der Waals surface area (Å²) < 4.78 is 68.4. The van der Waals surface area contributed by atoms with E-state index >= 15 is 0 Å². The average Bonchev–Trinajstić information content (AvgIpc) is 3.76. The molecule has 94 heavy (non-hydrogen) atoms. The fourth-order valence-electron chi connectivity index (χ4n) is 11.4. The maximum absolute atomic E-state index is 13.1. The van der Waals surface area contributed by atoms with Crippen LogP contribution in [0.5, 0.6) is 0 Å². The predicted octanol–water partition coefficient (Wildman–Crippen LogP) is 21.9. The Morgan fingerprint density at radius 3 is 0.809 bits per heavy atom. The van der Waals surface area contributed by atoms with Gasteiger partial charge in [0, 0.05) is 25.7 Å². The highest BCUT2D eigenvalue weighted by atomic mass is 31.2. The Bertz CT molecular complexity index is 1820. The van der Waals surface area contributed by atoms with Crippen molar-refractivity contribution in [2.45, 2.75) is 407 Å². The first-order valence-electron chi connectivity index (χ1n) is 39.0. The lowest BCUT2D eigenvalue weighted by Gasteiger charge is -2.21. The van der Waals surface area contributed by atoms with E-state index in [0.717, 1.165) is 102 Å². The van der Waals surface area contributed by atoms with Crippen LogP contribution >= 0.6 is 15.6 Å². The first kappa shape index (κ1) is 92.1. The molecule has 0 spiro atoms. The number of hydrogen-bond donors (Lipinski definition) is 3. The van der Waals surface area contributed by atoms with Crippen molar-refractivity contribution in [2.24, 2.45) is 11.8 Å². The molecule has 0 fully saturated rings. The molecule has 0 saturated heterocycles. The van der Waals surface area contributed by atoms with Gasteiger partial charge < -0.3 is 33.8 Å². The SMILES string of the molecule is CCCCCCCCCCCCCCCCCCCCCC(=O)O[C@H](COC(=O)CCCCCCCCCCCCCCCC)COP(=O)(O)OC[C@@H](O)COP(=O)(O)OC[C@@H](COC(=O)CCCCCCCCC(C)C)OC(=O)CCCCCCCCCCC(C)CC. The zero-order chi connectivity index (χ0) is 69.3. The van der Waals surface area contributed by atoms with Gasteiger partial charge in [0.25, 0.3) is 0 Å². The molecule has 3 N–H and O–H groups in total. The van der Waals surface area contributed by atoms with Crippen LogP contribution < -0.4 is 0 Å². The second-order valence-electron chi connectivity index (χ2n) is 27.8. The molecule has 6 atom stereocenters. The Balaban J connectivity index is 5.22. The van der Waals surface area contributed by atoms with Crippen LogP contribution in [0.4, 0.5) is 0 Å². The maximum atomic E-state index is 13.1. The van der Waals surface area contributed by atoms with Crippen LogP contribution in [0.15, 0.2) is 0 Å². The van der Waals surface area contributed by atoms with E-state index in [1.807, 2.05) is 0 Å². The van der Waals surface area contributed by atoms with Crippen molar-refractivity contribution < 1.29 is 80.2 Å². The van der Waals surface area contributed by atoms with Crippen molar-refractivity contribution in [1.82, 2.24) is 0 Å². The third kappa shape index (κ3) is 67.3. The summed E-state index contributed by atoms with van der Waals surface area (Å²) in [5.41, 5.74) is 0. The number of carbonyl (C=O) groups is 4. The van der Waals surface area contributed by atoms with Crippen LogP contribution in [0.25, 0.3) is 0 Å². The van der Waals surface area contributed by atoms with Crippen LogP contribution in [0.2, 0.25) is 0 Å². The van der Waals surface area contributed by atoms with Crippen molar-refractivity contribution in [3.05, 3.63) is 0 Å². The molecule has 0 bridgehead atoms. The molecule has 0 heterocycles. The summed E-state index contributed by atoms with van der Waals surface area (Å²) in [6.07, 6.45) is 54.3. The Morgan fingerprint density at radius 1 is 0.309 bits per heavy atom. The fourth-order valence-corrected chi connectivity index (χ4v) is 13.0. The topological polar surface area (TPSA) is 237 Å². The zero-order valence-electron chi connectivity index (χ0n) is 61.3. The normalized spacial score (nSPS) is 14.3. The van der Waals surface area contributed by atoms with Crippen LogP contribution in [0.3, 0.4) is 0 Å². The van der Waals surface area contributed by atoms with E-state index in [2.05, 4.69) is 41.5 Å². The quantitative estimate of drug-likeness (QED) is 0.0222. The Kier molecular flexibility index (Phi) is 65.5. The number of carbonyl (C=O) groups excluding carboxylic acids is 4. The standard InChI is InChI=1S/C75H146O17P2/c1-7-10-12-14-16-18-20-22-24-25-26-27-28-30-32-34-39-47-53-59-74(79)91-70(63-85-72(77)57-51-45-38-33-31-29-23-21-19-17-15-13-11-8-2)65-89-93(81,82)87-61-69(76)62-88-94(83,84)90-66-71(64-86-73(78)58-52-46-42-41-43-49-55-67(4)5)92-75(80)60-54-48-40-36-35-37-44-50-56-68(6)9-3/h67-71,76H,7-66H2,1-6H3,(H,81,82)(H,83,84)/t68?,69-,70-,71-/m1/s1. The largest absolute Gasteiger partial charge is 0.472 e. The van der Waals surface area contributed by atoms with Crippen molar-refractivity contribution in [3.63, 3.8) is 0 Å². The van der Waals surface area contributed by atoms with Crippen LogP contribution in [0.1, 0.15) is 388 Å². The molecule has 0 rings (SSSR count). The zero-order valence-corrected chi connectivity index (χ0v) is 63.1. The van der Waals surface area contributed by atoms with Gasteiger partial charge in [0.15, 0.2) is 12.2 Å². The number of phosphoric acid groups is 2. The summed E-state index contributed by atoms with van der Waals surface area (Å²) in [4.78, 5) is 72.7. The summed E-state index contributed by atoms with van der Waals surface area (Å²) in [6.45, 7) is 9.50. The van der Waals surface area contributed by atoms with Gasteiger partial charge in [-0.3, -0.25) is 37.3 Å². The fraction of sp³-hybridized carbons (Fsp3) is 0.947. The monoisotopic (exact) mass is 1380 g/mol. The number of phosphoric ester groups is 2. The number of ether oxygens (including phenoxy) is 4. The van der Waals surface area contributed by atoms with E-state index < -0.39 is 97.5 Å². The van der Waals surface area contributed by atoms with Crippen molar-refractivity contribution >= 4 is 39.5 Å². The summed E-state index contributed by atoms with van der Waals surface area (Å²) in [6, 6.07) is 0. The molecular formula is C75H146O17P2. The predicted molar refractivity (Wildman–Crippen MR) is 381 cm³/mol. The number of rotatable bonds is 74. The molecule has 0 aliphatic rings. The van der Waals surface area contributed by atoms with Crippen molar-refractivity contribution in [1.29, 1.82) is 0 Å². The van der Waals surface area contributed by atoms with E-state index in [0.29, 0.717) is 31.6 Å². The molecule has 0 aromatic heterocycles. The average molecular weight is 1380 g/mol. The van der Waals surface area contributed by atoms with Gasteiger partial charge >= 0.3 is 39.5 Å². The van der Waals surface area contributed by atoms with Gasteiger partial charge in [-0.15, -0.1) is 0 Å². The second kappa shape index (κ2) is 66.9. The highest BCUT2D eigenvalue weighted by molar-refractivity contribution is 7.47. The molecule has 19 heteroatoms. The van der Waals surface area contributed by atoms with Gasteiger partial charge in [-0.25, -0.2) is 9.13 Å². The lowest BCUT2D eigenvalue weighted by Crippen LogP contribution is -2.30. The molecule has 0 aromatic carbocycles. The molecule has 558 valence electrons. The third-order valence-corrected chi connectivity index (χ3v) is 19.7. The highest BCUT2D eigenvalue weighted by Gasteiger charge is 2.30. The van der Waals surface area contributed by atoms with Gasteiger partial charge in [-0.2, -0.15) is 0 Å².